The summed E-state index contributed by atoms with van der Waals surface area (Å²) in [5.41, 5.74) is 4.17. The van der Waals surface area contributed by atoms with E-state index in [4.69, 9.17) is 0 Å². The third-order valence-electron chi connectivity index (χ3n) is 4.39. The van der Waals surface area contributed by atoms with E-state index in [1.165, 1.54) is 43.1 Å². The molecule has 0 bridgehead atoms. The van der Waals surface area contributed by atoms with Crippen molar-refractivity contribution in [2.75, 3.05) is 0 Å². The minimum Gasteiger partial charge on any atom is -0.335 e. The Bertz CT molecular complexity index is 547. The monoisotopic (exact) mass is 242 g/mol. The maximum Gasteiger partial charge on any atom is 0.140 e. The van der Waals surface area contributed by atoms with Gasteiger partial charge in [0.25, 0.3) is 0 Å². The number of pyridine rings is 1. The molecule has 0 atom stereocenters. The molecular weight excluding hydrogens is 220 g/mol. The molecule has 2 aromatic heterocycles. The van der Waals surface area contributed by atoms with Crippen LogP contribution in [-0.2, 0) is 13.5 Å². The number of rotatable bonds is 2. The second kappa shape index (κ2) is 4.75. The summed E-state index contributed by atoms with van der Waals surface area (Å²) in [7, 11) is 2.11. The zero-order valence-corrected chi connectivity index (χ0v) is 11.4. The molecule has 2 heterocycles. The number of hydrogen-bond acceptors (Lipinski definition) is 1. The second-order valence-electron chi connectivity index (χ2n) is 5.55. The van der Waals surface area contributed by atoms with Crippen LogP contribution in [0.25, 0.3) is 11.0 Å². The third kappa shape index (κ3) is 1.84. The van der Waals surface area contributed by atoms with Crippen molar-refractivity contribution >= 4 is 11.0 Å². The highest BCUT2D eigenvalue weighted by atomic mass is 15.0. The second-order valence-corrected chi connectivity index (χ2v) is 5.55. The Morgan fingerprint density at radius 3 is 2.78 bits per heavy atom. The van der Waals surface area contributed by atoms with Gasteiger partial charge in [0, 0.05) is 24.8 Å². The Hall–Kier alpha value is -1.31. The summed E-state index contributed by atoms with van der Waals surface area (Å²) >= 11 is 0. The van der Waals surface area contributed by atoms with E-state index in [1.54, 1.807) is 5.56 Å². The van der Waals surface area contributed by atoms with E-state index < -0.39 is 0 Å². The van der Waals surface area contributed by atoms with Gasteiger partial charge in [0.05, 0.1) is 0 Å². The maximum atomic E-state index is 4.57. The van der Waals surface area contributed by atoms with Crippen molar-refractivity contribution in [3.8, 4) is 0 Å². The first kappa shape index (κ1) is 11.8. The van der Waals surface area contributed by atoms with Crippen molar-refractivity contribution in [1.29, 1.82) is 0 Å². The van der Waals surface area contributed by atoms with Crippen LogP contribution in [0.15, 0.2) is 18.5 Å². The lowest BCUT2D eigenvalue weighted by atomic mass is 9.83. The molecule has 2 aromatic rings. The highest BCUT2D eigenvalue weighted by molar-refractivity contribution is 5.84. The number of aryl methyl sites for hydroxylation is 2. The van der Waals surface area contributed by atoms with E-state index in [0.29, 0.717) is 0 Å². The minimum atomic E-state index is 0.761. The van der Waals surface area contributed by atoms with Crippen molar-refractivity contribution in [2.45, 2.75) is 51.4 Å². The number of fused-ring (bicyclic) bond motifs is 1. The van der Waals surface area contributed by atoms with Crippen LogP contribution in [0, 0.1) is 0 Å². The van der Waals surface area contributed by atoms with Gasteiger partial charge in [-0.25, -0.2) is 4.98 Å². The van der Waals surface area contributed by atoms with Crippen molar-refractivity contribution in [3.05, 3.63) is 29.6 Å². The van der Waals surface area contributed by atoms with Crippen LogP contribution in [0.3, 0.4) is 0 Å². The summed E-state index contributed by atoms with van der Waals surface area (Å²) in [6.07, 6.45) is 12.3. The first-order valence-electron chi connectivity index (χ1n) is 7.24. The molecule has 1 saturated carbocycles. The molecule has 1 aliphatic rings. The van der Waals surface area contributed by atoms with E-state index >= 15 is 0 Å². The number of aromatic nitrogens is 2. The summed E-state index contributed by atoms with van der Waals surface area (Å²) < 4.78 is 2.18. The standard InChI is InChI=1S/C16H22N2/c1-3-12-11-18(2)16-15(12)14(9-10-17-16)13-7-5-4-6-8-13/h9-11,13H,3-8H2,1-2H3. The fraction of sp³-hybridized carbons (Fsp3) is 0.562. The summed E-state index contributed by atoms with van der Waals surface area (Å²) in [5, 5.41) is 1.44. The van der Waals surface area contributed by atoms with Crippen molar-refractivity contribution < 1.29 is 0 Å². The van der Waals surface area contributed by atoms with Gasteiger partial charge in [-0.1, -0.05) is 26.2 Å². The fourth-order valence-corrected chi connectivity index (χ4v) is 3.44. The summed E-state index contributed by atoms with van der Waals surface area (Å²) in [6.45, 7) is 2.24. The molecule has 0 N–H and O–H groups in total. The quantitative estimate of drug-likeness (QED) is 0.772. The third-order valence-corrected chi connectivity index (χ3v) is 4.39. The van der Waals surface area contributed by atoms with E-state index in [9.17, 15) is 0 Å². The number of hydrogen-bond donors (Lipinski definition) is 0. The van der Waals surface area contributed by atoms with Crippen LogP contribution in [0.1, 0.15) is 56.1 Å². The Morgan fingerprint density at radius 2 is 2.06 bits per heavy atom. The van der Waals surface area contributed by atoms with Gasteiger partial charge in [-0.3, -0.25) is 0 Å². The van der Waals surface area contributed by atoms with Crippen LogP contribution < -0.4 is 0 Å². The molecule has 0 saturated heterocycles. The predicted octanol–water partition coefficient (Wildman–Crippen LogP) is 4.18. The maximum absolute atomic E-state index is 4.57. The first-order chi connectivity index (χ1) is 8.81. The van der Waals surface area contributed by atoms with Crippen LogP contribution >= 0.6 is 0 Å². The van der Waals surface area contributed by atoms with Crippen LogP contribution in [0.4, 0.5) is 0 Å². The Labute approximate surface area is 109 Å². The molecule has 1 aliphatic carbocycles. The summed E-state index contributed by atoms with van der Waals surface area (Å²) in [4.78, 5) is 4.57. The van der Waals surface area contributed by atoms with E-state index in [0.717, 1.165) is 18.0 Å². The molecule has 1 fully saturated rings. The molecule has 2 heteroatoms. The first-order valence-corrected chi connectivity index (χ1v) is 7.24. The lowest BCUT2D eigenvalue weighted by molar-refractivity contribution is 0.445. The average molecular weight is 242 g/mol. The van der Waals surface area contributed by atoms with E-state index in [-0.39, 0.29) is 0 Å². The van der Waals surface area contributed by atoms with Gasteiger partial charge in [0.1, 0.15) is 5.65 Å². The molecule has 0 aromatic carbocycles. The van der Waals surface area contributed by atoms with Crippen molar-refractivity contribution in [3.63, 3.8) is 0 Å². The van der Waals surface area contributed by atoms with Gasteiger partial charge < -0.3 is 4.57 Å². The predicted molar refractivity (Wildman–Crippen MR) is 75.9 cm³/mol. The minimum absolute atomic E-state index is 0.761. The van der Waals surface area contributed by atoms with Crippen molar-refractivity contribution in [2.24, 2.45) is 7.05 Å². The number of nitrogens with zero attached hydrogens (tertiary/aromatic N) is 2. The van der Waals surface area contributed by atoms with Crippen LogP contribution in [0.5, 0.6) is 0 Å². The van der Waals surface area contributed by atoms with Gasteiger partial charge in [-0.2, -0.15) is 0 Å². The molecule has 0 amide bonds. The zero-order valence-electron chi connectivity index (χ0n) is 11.4. The molecule has 96 valence electrons. The summed E-state index contributed by atoms with van der Waals surface area (Å²) in [6, 6.07) is 2.26. The molecule has 0 radical (unpaired) electrons. The molecular formula is C16H22N2. The molecule has 2 nitrogen and oxygen atoms in total. The van der Waals surface area contributed by atoms with Gasteiger partial charge in [-0.15, -0.1) is 0 Å². The molecule has 0 unspecified atom stereocenters. The lowest BCUT2D eigenvalue weighted by Crippen LogP contribution is -2.05. The smallest absolute Gasteiger partial charge is 0.140 e. The van der Waals surface area contributed by atoms with E-state index in [1.807, 2.05) is 6.20 Å². The Balaban J connectivity index is 2.15. The highest BCUT2D eigenvalue weighted by Crippen LogP contribution is 2.37. The fourth-order valence-electron chi connectivity index (χ4n) is 3.44. The zero-order chi connectivity index (χ0) is 12.5. The normalized spacial score (nSPS) is 17.4. The van der Waals surface area contributed by atoms with Gasteiger partial charge in [0.2, 0.25) is 0 Å². The van der Waals surface area contributed by atoms with Gasteiger partial charge >= 0.3 is 0 Å². The largest absolute Gasteiger partial charge is 0.335 e. The molecule has 3 rings (SSSR count). The Kier molecular flexibility index (Phi) is 3.11. The topological polar surface area (TPSA) is 17.8 Å². The SMILES string of the molecule is CCc1cn(C)c2nccc(C3CCCCC3)c12. The summed E-state index contributed by atoms with van der Waals surface area (Å²) in [5.74, 6) is 0.761. The molecule has 18 heavy (non-hydrogen) atoms. The van der Waals surface area contributed by atoms with Crippen LogP contribution in [0.2, 0.25) is 0 Å². The van der Waals surface area contributed by atoms with Gasteiger partial charge in [-0.05, 0) is 42.4 Å². The van der Waals surface area contributed by atoms with E-state index in [2.05, 4.69) is 35.8 Å². The highest BCUT2D eigenvalue weighted by Gasteiger charge is 2.20. The van der Waals surface area contributed by atoms with Crippen LogP contribution in [-0.4, -0.2) is 9.55 Å². The Morgan fingerprint density at radius 1 is 1.28 bits per heavy atom. The average Bonchev–Trinajstić information content (AvgIpc) is 2.77. The molecule has 0 aliphatic heterocycles. The lowest BCUT2D eigenvalue weighted by Gasteiger charge is -2.23. The molecule has 0 spiro atoms. The van der Waals surface area contributed by atoms with Crippen molar-refractivity contribution in [1.82, 2.24) is 9.55 Å². The van der Waals surface area contributed by atoms with Gasteiger partial charge in [0.15, 0.2) is 0 Å².